The second-order valence-corrected chi connectivity index (χ2v) is 8.79. The standard InChI is InChI=1S/C25H23NO5/c27-23(18-11-16-5-1-2-6-20(16)31-24(18)28)26-14-17-12-21-22(30-10-9-29-21)13-19(17)25(15-26)7-3-4-8-25/h1-2,5-6,11-13H,3-4,7-10,14-15H2. The van der Waals surface area contributed by atoms with Crippen LogP contribution in [0.4, 0.5) is 0 Å². The lowest BCUT2D eigenvalue weighted by atomic mass is 9.73. The summed E-state index contributed by atoms with van der Waals surface area (Å²) in [4.78, 5) is 27.9. The van der Waals surface area contributed by atoms with E-state index in [0.717, 1.165) is 48.1 Å². The minimum atomic E-state index is -0.586. The van der Waals surface area contributed by atoms with Crippen molar-refractivity contribution in [3.05, 3.63) is 69.6 Å². The minimum Gasteiger partial charge on any atom is -0.486 e. The van der Waals surface area contributed by atoms with Crippen molar-refractivity contribution in [2.24, 2.45) is 0 Å². The highest BCUT2D eigenvalue weighted by atomic mass is 16.6. The smallest absolute Gasteiger partial charge is 0.349 e. The highest BCUT2D eigenvalue weighted by Gasteiger charge is 2.44. The molecule has 158 valence electrons. The molecular formula is C25H23NO5. The van der Waals surface area contributed by atoms with Crippen molar-refractivity contribution in [2.75, 3.05) is 19.8 Å². The van der Waals surface area contributed by atoms with Crippen LogP contribution in [0, 0.1) is 0 Å². The van der Waals surface area contributed by atoms with E-state index >= 15 is 0 Å². The number of amides is 1. The highest BCUT2D eigenvalue weighted by molar-refractivity contribution is 5.97. The van der Waals surface area contributed by atoms with Gasteiger partial charge in [0.05, 0.1) is 0 Å². The van der Waals surface area contributed by atoms with Gasteiger partial charge in [0.25, 0.3) is 5.91 Å². The summed E-state index contributed by atoms with van der Waals surface area (Å²) in [5.41, 5.74) is 2.24. The summed E-state index contributed by atoms with van der Waals surface area (Å²) in [5, 5.41) is 0.748. The zero-order chi connectivity index (χ0) is 21.0. The molecule has 3 aromatic rings. The molecule has 1 spiro atoms. The third kappa shape index (κ3) is 2.92. The maximum atomic E-state index is 13.5. The van der Waals surface area contributed by atoms with Gasteiger partial charge in [-0.1, -0.05) is 31.0 Å². The molecule has 0 atom stereocenters. The Morgan fingerprint density at radius 3 is 2.52 bits per heavy atom. The summed E-state index contributed by atoms with van der Waals surface area (Å²) in [7, 11) is 0. The predicted octanol–water partition coefficient (Wildman–Crippen LogP) is 4.03. The molecule has 3 aliphatic rings. The largest absolute Gasteiger partial charge is 0.486 e. The molecule has 2 aromatic carbocycles. The van der Waals surface area contributed by atoms with Crippen LogP contribution in [0.2, 0.25) is 0 Å². The van der Waals surface area contributed by atoms with Gasteiger partial charge in [0.2, 0.25) is 0 Å². The minimum absolute atomic E-state index is 0.0906. The summed E-state index contributed by atoms with van der Waals surface area (Å²) < 4.78 is 17.1. The van der Waals surface area contributed by atoms with Crippen molar-refractivity contribution in [1.82, 2.24) is 4.90 Å². The molecule has 0 bridgehead atoms. The molecule has 1 aliphatic carbocycles. The lowest BCUT2D eigenvalue weighted by molar-refractivity contribution is 0.0664. The fourth-order valence-corrected chi connectivity index (χ4v) is 5.47. The third-order valence-electron chi connectivity index (χ3n) is 6.91. The van der Waals surface area contributed by atoms with Gasteiger partial charge in [0, 0.05) is 23.9 Å². The van der Waals surface area contributed by atoms with Crippen LogP contribution in [0.5, 0.6) is 11.5 Å². The number of nitrogens with zero attached hydrogens (tertiary/aromatic N) is 1. The number of hydrogen-bond acceptors (Lipinski definition) is 5. The maximum Gasteiger partial charge on any atom is 0.349 e. The SMILES string of the molecule is O=C(c1cc2ccccc2oc1=O)N1Cc2cc3c(cc2C2(CCCC2)C1)OCCO3. The topological polar surface area (TPSA) is 69.0 Å². The number of ether oxygens (including phenoxy) is 2. The van der Waals surface area contributed by atoms with Gasteiger partial charge in [0.15, 0.2) is 11.5 Å². The Bertz CT molecular complexity index is 1250. The summed E-state index contributed by atoms with van der Waals surface area (Å²) in [6, 6.07) is 13.1. The van der Waals surface area contributed by atoms with Gasteiger partial charge in [-0.15, -0.1) is 0 Å². The molecule has 3 heterocycles. The van der Waals surface area contributed by atoms with Gasteiger partial charge in [-0.05, 0) is 48.2 Å². The summed E-state index contributed by atoms with van der Waals surface area (Å²) >= 11 is 0. The van der Waals surface area contributed by atoms with Gasteiger partial charge >= 0.3 is 5.63 Å². The fourth-order valence-electron chi connectivity index (χ4n) is 5.47. The molecular weight excluding hydrogens is 394 g/mol. The number of rotatable bonds is 1. The number of benzene rings is 2. The number of carbonyl (C=O) groups is 1. The molecule has 0 saturated heterocycles. The summed E-state index contributed by atoms with van der Waals surface area (Å²) in [6.45, 7) is 2.13. The van der Waals surface area contributed by atoms with E-state index in [4.69, 9.17) is 13.9 Å². The van der Waals surface area contributed by atoms with Crippen LogP contribution in [0.1, 0.15) is 47.2 Å². The first-order valence-electron chi connectivity index (χ1n) is 10.9. The van der Waals surface area contributed by atoms with Crippen LogP contribution in [-0.2, 0) is 12.0 Å². The molecule has 6 rings (SSSR count). The Morgan fingerprint density at radius 1 is 0.968 bits per heavy atom. The van der Waals surface area contributed by atoms with Crippen LogP contribution in [0.15, 0.2) is 51.7 Å². The van der Waals surface area contributed by atoms with Crippen molar-refractivity contribution in [3.63, 3.8) is 0 Å². The Labute approximate surface area is 179 Å². The Hall–Kier alpha value is -3.28. The lowest BCUT2D eigenvalue weighted by Crippen LogP contribution is -2.47. The Balaban J connectivity index is 1.42. The van der Waals surface area contributed by atoms with Crippen molar-refractivity contribution in [2.45, 2.75) is 37.6 Å². The first-order chi connectivity index (χ1) is 15.1. The van der Waals surface area contributed by atoms with Crippen molar-refractivity contribution in [3.8, 4) is 11.5 Å². The zero-order valence-electron chi connectivity index (χ0n) is 17.2. The third-order valence-corrected chi connectivity index (χ3v) is 6.91. The normalized spacial score (nSPS) is 18.9. The molecule has 0 radical (unpaired) electrons. The van der Waals surface area contributed by atoms with E-state index in [2.05, 4.69) is 6.07 Å². The first kappa shape index (κ1) is 18.5. The van der Waals surface area contributed by atoms with E-state index in [1.54, 1.807) is 12.1 Å². The quantitative estimate of drug-likeness (QED) is 0.559. The summed E-state index contributed by atoms with van der Waals surface area (Å²) in [6.07, 6.45) is 4.31. The van der Waals surface area contributed by atoms with Gasteiger partial charge < -0.3 is 18.8 Å². The van der Waals surface area contributed by atoms with Crippen molar-refractivity contribution in [1.29, 1.82) is 0 Å². The molecule has 1 amide bonds. The van der Waals surface area contributed by atoms with Crippen LogP contribution in [-0.4, -0.2) is 30.6 Å². The second-order valence-electron chi connectivity index (χ2n) is 8.79. The van der Waals surface area contributed by atoms with E-state index in [9.17, 15) is 9.59 Å². The fraction of sp³-hybridized carbons (Fsp3) is 0.360. The van der Waals surface area contributed by atoms with E-state index in [1.807, 2.05) is 29.2 Å². The van der Waals surface area contributed by atoms with Crippen LogP contribution >= 0.6 is 0 Å². The lowest BCUT2D eigenvalue weighted by Gasteiger charge is -2.42. The van der Waals surface area contributed by atoms with Crippen molar-refractivity contribution >= 4 is 16.9 Å². The number of carbonyl (C=O) groups excluding carboxylic acids is 1. The number of hydrogen-bond donors (Lipinski definition) is 0. The number of fused-ring (bicyclic) bond motifs is 4. The molecule has 6 nitrogen and oxygen atoms in total. The predicted molar refractivity (Wildman–Crippen MR) is 115 cm³/mol. The molecule has 1 fully saturated rings. The molecule has 0 N–H and O–H groups in total. The van der Waals surface area contributed by atoms with Crippen molar-refractivity contribution < 1.29 is 18.7 Å². The average molecular weight is 417 g/mol. The number of para-hydroxylation sites is 1. The van der Waals surface area contributed by atoms with E-state index in [1.165, 1.54) is 5.56 Å². The van der Waals surface area contributed by atoms with Gasteiger partial charge in [-0.2, -0.15) is 0 Å². The molecule has 1 saturated carbocycles. The monoisotopic (exact) mass is 417 g/mol. The van der Waals surface area contributed by atoms with Gasteiger partial charge in [-0.3, -0.25) is 4.79 Å². The van der Waals surface area contributed by atoms with E-state index in [0.29, 0.717) is 31.9 Å². The highest BCUT2D eigenvalue weighted by Crippen LogP contribution is 2.49. The average Bonchev–Trinajstić information content (AvgIpc) is 3.26. The Morgan fingerprint density at radius 2 is 1.71 bits per heavy atom. The molecule has 6 heteroatoms. The first-order valence-corrected chi connectivity index (χ1v) is 10.9. The zero-order valence-corrected chi connectivity index (χ0v) is 17.2. The maximum absolute atomic E-state index is 13.5. The van der Waals surface area contributed by atoms with Crippen LogP contribution in [0.3, 0.4) is 0 Å². The van der Waals surface area contributed by atoms with E-state index in [-0.39, 0.29) is 16.9 Å². The molecule has 2 aliphatic heterocycles. The van der Waals surface area contributed by atoms with Crippen LogP contribution < -0.4 is 15.1 Å². The molecule has 1 aromatic heterocycles. The van der Waals surface area contributed by atoms with E-state index < -0.39 is 5.63 Å². The molecule has 0 unspecified atom stereocenters. The van der Waals surface area contributed by atoms with Gasteiger partial charge in [0.1, 0.15) is 24.4 Å². The molecule has 31 heavy (non-hydrogen) atoms. The summed E-state index contributed by atoms with van der Waals surface area (Å²) in [5.74, 6) is 1.26. The van der Waals surface area contributed by atoms with Gasteiger partial charge in [-0.25, -0.2) is 4.79 Å². The Kier molecular flexibility index (Phi) is 4.10. The second kappa shape index (κ2) is 6.87. The van der Waals surface area contributed by atoms with Crippen LogP contribution in [0.25, 0.3) is 11.0 Å².